The first-order valence-corrected chi connectivity index (χ1v) is 19.0. The van der Waals surface area contributed by atoms with E-state index in [2.05, 4.69) is 71.5 Å². The van der Waals surface area contributed by atoms with Crippen LogP contribution in [0.25, 0.3) is 65.9 Å². The van der Waals surface area contributed by atoms with E-state index >= 15 is 0 Å². The minimum absolute atomic E-state index is 0.107. The fourth-order valence-corrected chi connectivity index (χ4v) is 8.65. The van der Waals surface area contributed by atoms with Crippen molar-refractivity contribution in [2.75, 3.05) is 0 Å². The normalized spacial score (nSPS) is 10.9. The Morgan fingerprint density at radius 1 is 0.560 bits per heavy atom. The monoisotopic (exact) mass is 690 g/mol. The molecule has 0 spiro atoms. The number of hydrogen-bond donors (Lipinski definition) is 0. The van der Waals surface area contributed by atoms with Crippen molar-refractivity contribution in [1.29, 1.82) is 21.0 Å². The minimum Gasteiger partial charge on any atom is -0.339 e. The molecule has 6 rings (SSSR count). The summed E-state index contributed by atoms with van der Waals surface area (Å²) in [5, 5.41) is 39.5. The molecule has 0 aliphatic heterocycles. The lowest BCUT2D eigenvalue weighted by atomic mass is 10.1. The van der Waals surface area contributed by atoms with Crippen LogP contribution in [0.4, 0.5) is 0 Å². The second-order valence-corrected chi connectivity index (χ2v) is 14.8. The van der Waals surface area contributed by atoms with Crippen molar-refractivity contribution in [3.8, 4) is 45.2 Å². The summed E-state index contributed by atoms with van der Waals surface area (Å²) < 4.78 is 5.09. The SMILES string of the molecule is CCCCCCn1c2cc(-c3ccc(C=C(C#N)C#N)s3)ccc2c2c1c1ccc(-c3ccc(C=C(C#N)C#N)s3)cc1n2CCCCCC. The van der Waals surface area contributed by atoms with Gasteiger partial charge in [0.25, 0.3) is 0 Å². The molecular weight excluding hydrogens is 653 g/mol. The Hall–Kier alpha value is -5.38. The van der Waals surface area contributed by atoms with Gasteiger partial charge in [-0.1, -0.05) is 76.6 Å². The maximum atomic E-state index is 9.25. The van der Waals surface area contributed by atoms with E-state index in [9.17, 15) is 21.0 Å². The second kappa shape index (κ2) is 15.9. The largest absolute Gasteiger partial charge is 0.339 e. The molecule has 4 heterocycles. The van der Waals surface area contributed by atoms with E-state index < -0.39 is 0 Å². The third-order valence-electron chi connectivity index (χ3n) is 9.20. The number of nitrogens with zero attached hydrogens (tertiary/aromatic N) is 6. The van der Waals surface area contributed by atoms with Crippen molar-refractivity contribution in [1.82, 2.24) is 9.13 Å². The highest BCUT2D eigenvalue weighted by atomic mass is 32.1. The number of benzene rings is 2. The lowest BCUT2D eigenvalue weighted by Crippen LogP contribution is -1.98. The molecule has 0 atom stereocenters. The van der Waals surface area contributed by atoms with Crippen LogP contribution in [-0.4, -0.2) is 9.13 Å². The minimum atomic E-state index is 0.107. The molecule has 0 saturated carbocycles. The van der Waals surface area contributed by atoms with Crippen LogP contribution in [0.15, 0.2) is 71.8 Å². The van der Waals surface area contributed by atoms with Gasteiger partial charge in [-0.2, -0.15) is 21.0 Å². The first-order valence-electron chi connectivity index (χ1n) is 17.4. The molecule has 0 N–H and O–H groups in total. The van der Waals surface area contributed by atoms with Crippen LogP contribution >= 0.6 is 22.7 Å². The molecule has 50 heavy (non-hydrogen) atoms. The average molecular weight is 691 g/mol. The van der Waals surface area contributed by atoms with Crippen LogP contribution in [0, 0.1) is 45.3 Å². The highest BCUT2D eigenvalue weighted by Gasteiger charge is 2.21. The molecule has 0 aliphatic rings. The third kappa shape index (κ3) is 7.01. The summed E-state index contributed by atoms with van der Waals surface area (Å²) in [4.78, 5) is 4.00. The topological polar surface area (TPSA) is 105 Å². The lowest BCUT2D eigenvalue weighted by Gasteiger charge is -2.10. The Morgan fingerprint density at radius 3 is 1.36 bits per heavy atom. The van der Waals surface area contributed by atoms with Gasteiger partial charge in [0.05, 0.1) is 22.1 Å². The summed E-state index contributed by atoms with van der Waals surface area (Å²) in [7, 11) is 0. The zero-order valence-electron chi connectivity index (χ0n) is 28.5. The summed E-state index contributed by atoms with van der Waals surface area (Å²) in [6.07, 6.45) is 12.7. The molecule has 4 aromatic heterocycles. The predicted octanol–water partition coefficient (Wildman–Crippen LogP) is 12.2. The summed E-state index contributed by atoms with van der Waals surface area (Å²) >= 11 is 3.19. The van der Waals surface area contributed by atoms with Gasteiger partial charge in [-0.25, -0.2) is 0 Å². The molecule has 6 aromatic rings. The van der Waals surface area contributed by atoms with E-state index in [1.807, 2.05) is 36.4 Å². The van der Waals surface area contributed by atoms with E-state index in [-0.39, 0.29) is 11.1 Å². The van der Waals surface area contributed by atoms with Gasteiger partial charge in [0.15, 0.2) is 0 Å². The van der Waals surface area contributed by atoms with E-state index in [4.69, 9.17) is 0 Å². The average Bonchev–Trinajstić information content (AvgIpc) is 3.94. The van der Waals surface area contributed by atoms with Crippen LogP contribution in [-0.2, 0) is 13.1 Å². The second-order valence-electron chi connectivity index (χ2n) is 12.6. The van der Waals surface area contributed by atoms with Gasteiger partial charge in [-0.15, -0.1) is 22.7 Å². The number of allylic oxidation sites excluding steroid dienone is 2. The van der Waals surface area contributed by atoms with Gasteiger partial charge in [-0.05, 0) is 72.5 Å². The molecule has 0 fully saturated rings. The highest BCUT2D eigenvalue weighted by Crippen LogP contribution is 2.42. The van der Waals surface area contributed by atoms with Crippen molar-refractivity contribution >= 4 is 67.7 Å². The van der Waals surface area contributed by atoms with Crippen molar-refractivity contribution in [3.63, 3.8) is 0 Å². The van der Waals surface area contributed by atoms with Gasteiger partial charge in [0.1, 0.15) is 35.4 Å². The van der Waals surface area contributed by atoms with E-state index in [0.717, 1.165) is 56.6 Å². The smallest absolute Gasteiger partial charge is 0.131 e. The lowest BCUT2D eigenvalue weighted by molar-refractivity contribution is 0.600. The standard InChI is InChI=1S/C42H38N6S2/c1-3-5-7-9-19-47-37-23-31(39-17-13-33(49-39)21-29(25-43)26-44)11-15-35(37)42-41(47)36-16-12-32(24-38(36)48(42)20-10-8-6-4-2)40-18-14-34(50-40)22-30(27-45)28-46/h11-18,21-24H,3-10,19-20H2,1-2H3. The van der Waals surface area contributed by atoms with Crippen LogP contribution in [0.3, 0.4) is 0 Å². The Bertz CT molecular complexity index is 2210. The molecule has 8 heteroatoms. The molecule has 248 valence electrons. The molecule has 0 unspecified atom stereocenters. The van der Waals surface area contributed by atoms with E-state index in [1.165, 1.54) is 71.4 Å². The summed E-state index contributed by atoms with van der Waals surface area (Å²) in [6, 6.07) is 29.6. The molecule has 0 aliphatic carbocycles. The number of aromatic nitrogens is 2. The zero-order chi connectivity index (χ0) is 35.0. The number of thiophene rings is 2. The highest BCUT2D eigenvalue weighted by molar-refractivity contribution is 7.16. The first-order chi connectivity index (χ1) is 24.5. The summed E-state index contributed by atoms with van der Waals surface area (Å²) in [5.74, 6) is 0. The number of fused-ring (bicyclic) bond motifs is 5. The van der Waals surface area contributed by atoms with Crippen LogP contribution in [0.1, 0.15) is 75.0 Å². The van der Waals surface area contributed by atoms with Gasteiger partial charge in [0, 0.05) is 43.4 Å². The Morgan fingerprint density at radius 2 is 0.980 bits per heavy atom. The van der Waals surface area contributed by atoms with E-state index in [0.29, 0.717) is 0 Å². The zero-order valence-corrected chi connectivity index (χ0v) is 30.1. The maximum absolute atomic E-state index is 9.25. The number of nitriles is 4. The molecule has 2 aromatic carbocycles. The van der Waals surface area contributed by atoms with Crippen LogP contribution in [0.2, 0.25) is 0 Å². The van der Waals surface area contributed by atoms with Crippen LogP contribution < -0.4 is 0 Å². The predicted molar refractivity (Wildman–Crippen MR) is 208 cm³/mol. The molecular formula is C42H38N6S2. The van der Waals surface area contributed by atoms with E-state index in [1.54, 1.807) is 34.8 Å². The quantitative estimate of drug-likeness (QED) is 0.0837. The molecule has 0 saturated heterocycles. The number of unbranched alkanes of at least 4 members (excludes halogenated alkanes) is 6. The summed E-state index contributed by atoms with van der Waals surface area (Å²) in [6.45, 7) is 6.37. The van der Waals surface area contributed by atoms with Gasteiger partial charge < -0.3 is 9.13 Å². The number of aryl methyl sites for hydroxylation is 2. The van der Waals surface area contributed by atoms with Gasteiger partial charge in [0.2, 0.25) is 0 Å². The van der Waals surface area contributed by atoms with Gasteiger partial charge in [-0.3, -0.25) is 0 Å². The molecule has 0 amide bonds. The molecule has 6 nitrogen and oxygen atoms in total. The Balaban J connectivity index is 1.52. The maximum Gasteiger partial charge on any atom is 0.131 e. The first kappa shape index (κ1) is 34.5. The Labute approximate surface area is 301 Å². The summed E-state index contributed by atoms with van der Waals surface area (Å²) in [5.41, 5.74) is 7.52. The fraction of sp³-hybridized carbons (Fsp3) is 0.286. The van der Waals surface area contributed by atoms with Crippen LogP contribution in [0.5, 0.6) is 0 Å². The number of rotatable bonds is 14. The van der Waals surface area contributed by atoms with Crippen molar-refractivity contribution < 1.29 is 0 Å². The molecule has 0 bridgehead atoms. The van der Waals surface area contributed by atoms with Crippen molar-refractivity contribution in [3.05, 3.63) is 81.6 Å². The molecule has 0 radical (unpaired) electrons. The van der Waals surface area contributed by atoms with Gasteiger partial charge >= 0.3 is 0 Å². The third-order valence-corrected chi connectivity index (χ3v) is 11.4. The van der Waals surface area contributed by atoms with Crippen molar-refractivity contribution in [2.24, 2.45) is 0 Å². The number of hydrogen-bond acceptors (Lipinski definition) is 6. The fourth-order valence-electron chi connectivity index (χ4n) is 6.75. The Kier molecular flexibility index (Phi) is 11.0. The van der Waals surface area contributed by atoms with Crippen molar-refractivity contribution in [2.45, 2.75) is 78.3 Å².